The first-order chi connectivity index (χ1) is 15.9. The summed E-state index contributed by atoms with van der Waals surface area (Å²) in [5.41, 5.74) is 1.69. The number of rotatable bonds is 6. The van der Waals surface area contributed by atoms with Crippen LogP contribution in [0, 0.1) is 5.41 Å². The minimum atomic E-state index is -1.22. The Morgan fingerprint density at radius 2 is 1.79 bits per heavy atom. The molecule has 3 N–H and O–H groups in total. The molecule has 8 heteroatoms. The van der Waals surface area contributed by atoms with Crippen molar-refractivity contribution >= 4 is 17.8 Å². The Morgan fingerprint density at radius 3 is 2.42 bits per heavy atom. The molecular weight excluding hydrogens is 422 g/mol. The Labute approximate surface area is 191 Å². The zero-order valence-electron chi connectivity index (χ0n) is 18.3. The summed E-state index contributed by atoms with van der Waals surface area (Å²) in [4.78, 5) is 42.8. The Kier molecular flexibility index (Phi) is 6.44. The van der Waals surface area contributed by atoms with E-state index in [4.69, 9.17) is 5.11 Å². The number of benzene rings is 1. The summed E-state index contributed by atoms with van der Waals surface area (Å²) in [5, 5.41) is 22.1. The van der Waals surface area contributed by atoms with Crippen molar-refractivity contribution in [2.75, 3.05) is 13.1 Å². The molecule has 8 nitrogen and oxygen atoms in total. The highest BCUT2D eigenvalue weighted by Gasteiger charge is 2.47. The number of carboxylic acids is 1. The smallest absolute Gasteiger partial charge is 0.322 e. The molecule has 2 amide bonds. The van der Waals surface area contributed by atoms with E-state index in [1.54, 1.807) is 11.1 Å². The van der Waals surface area contributed by atoms with E-state index >= 15 is 0 Å². The van der Waals surface area contributed by atoms with Crippen LogP contribution in [-0.2, 0) is 20.9 Å². The van der Waals surface area contributed by atoms with Crippen molar-refractivity contribution in [1.29, 1.82) is 0 Å². The molecule has 0 atom stereocenters. The topological polar surface area (TPSA) is 120 Å². The number of aromatic nitrogens is 1. The van der Waals surface area contributed by atoms with Gasteiger partial charge in [0.25, 0.3) is 11.8 Å². The summed E-state index contributed by atoms with van der Waals surface area (Å²) < 4.78 is 0. The summed E-state index contributed by atoms with van der Waals surface area (Å²) in [6, 6.07) is 13.4. The van der Waals surface area contributed by atoms with Crippen molar-refractivity contribution in [1.82, 2.24) is 15.2 Å². The first-order valence-corrected chi connectivity index (χ1v) is 11.1. The number of pyridine rings is 1. The van der Waals surface area contributed by atoms with Crippen molar-refractivity contribution in [3.8, 4) is 11.3 Å². The number of hydrogen-bond acceptors (Lipinski definition) is 5. The Hall–Kier alpha value is -3.68. The number of carbonyl (C=O) groups is 3. The molecule has 1 aromatic carbocycles. The van der Waals surface area contributed by atoms with Crippen LogP contribution in [0.5, 0.6) is 0 Å². The van der Waals surface area contributed by atoms with Crippen molar-refractivity contribution in [2.24, 2.45) is 5.41 Å². The molecule has 1 fully saturated rings. The van der Waals surface area contributed by atoms with Gasteiger partial charge in [0.1, 0.15) is 17.9 Å². The maximum atomic E-state index is 13.2. The van der Waals surface area contributed by atoms with Crippen LogP contribution in [0.2, 0.25) is 0 Å². The Bertz CT molecular complexity index is 1070. The van der Waals surface area contributed by atoms with Crippen molar-refractivity contribution < 1.29 is 24.6 Å². The average molecular weight is 450 g/mol. The van der Waals surface area contributed by atoms with Crippen LogP contribution in [0.3, 0.4) is 0 Å². The molecule has 1 aliphatic heterocycles. The van der Waals surface area contributed by atoms with Gasteiger partial charge in [-0.05, 0) is 30.5 Å². The van der Waals surface area contributed by atoms with Gasteiger partial charge in [-0.25, -0.2) is 0 Å². The second-order valence-corrected chi connectivity index (χ2v) is 8.71. The first-order valence-electron chi connectivity index (χ1n) is 11.1. The van der Waals surface area contributed by atoms with E-state index in [0.29, 0.717) is 19.4 Å². The van der Waals surface area contributed by atoms with E-state index in [-0.39, 0.29) is 17.9 Å². The predicted octanol–water partition coefficient (Wildman–Crippen LogP) is 3.05. The number of nitrogens with one attached hydrogen (secondary N) is 1. The van der Waals surface area contributed by atoms with Crippen LogP contribution in [0.1, 0.15) is 37.7 Å². The van der Waals surface area contributed by atoms with Crippen LogP contribution in [0.4, 0.5) is 0 Å². The monoisotopic (exact) mass is 449 g/mol. The first kappa shape index (κ1) is 22.5. The van der Waals surface area contributed by atoms with Gasteiger partial charge in [0.05, 0.1) is 5.69 Å². The highest BCUT2D eigenvalue weighted by atomic mass is 16.4. The van der Waals surface area contributed by atoms with Crippen LogP contribution in [-0.4, -0.2) is 51.0 Å². The Balaban J connectivity index is 1.60. The average Bonchev–Trinajstić information content (AvgIpc) is 2.83. The largest absolute Gasteiger partial charge is 0.511 e. The van der Waals surface area contributed by atoms with Crippen molar-refractivity contribution in [3.05, 3.63) is 65.6 Å². The van der Waals surface area contributed by atoms with Crippen LogP contribution in [0.15, 0.2) is 60.0 Å². The van der Waals surface area contributed by atoms with Gasteiger partial charge < -0.3 is 20.4 Å². The maximum absolute atomic E-state index is 13.2. The Morgan fingerprint density at radius 1 is 1.06 bits per heavy atom. The molecule has 0 bridgehead atoms. The highest BCUT2D eigenvalue weighted by Crippen LogP contribution is 2.46. The number of hydrogen-bond donors (Lipinski definition) is 3. The molecule has 1 aromatic heterocycles. The van der Waals surface area contributed by atoms with Gasteiger partial charge in [0, 0.05) is 30.3 Å². The second kappa shape index (κ2) is 9.44. The van der Waals surface area contributed by atoms with E-state index in [9.17, 15) is 19.5 Å². The minimum absolute atomic E-state index is 0.197. The molecule has 0 radical (unpaired) electrons. The summed E-state index contributed by atoms with van der Waals surface area (Å²) in [7, 11) is 0. The van der Waals surface area contributed by atoms with Crippen LogP contribution < -0.4 is 5.32 Å². The number of aliphatic carboxylic acids is 1. The minimum Gasteiger partial charge on any atom is -0.511 e. The molecule has 2 aromatic rings. The third kappa shape index (κ3) is 4.74. The lowest BCUT2D eigenvalue weighted by atomic mass is 9.69. The third-order valence-electron chi connectivity index (χ3n) is 6.46. The number of aliphatic hydroxyl groups excluding tert-OH is 1. The quantitative estimate of drug-likeness (QED) is 0.583. The van der Waals surface area contributed by atoms with Gasteiger partial charge in [-0.3, -0.25) is 19.4 Å². The van der Waals surface area contributed by atoms with E-state index in [1.165, 1.54) is 0 Å². The summed E-state index contributed by atoms with van der Waals surface area (Å²) in [5.74, 6) is -2.85. The van der Waals surface area contributed by atoms with Crippen LogP contribution in [0.25, 0.3) is 11.3 Å². The zero-order valence-corrected chi connectivity index (χ0v) is 18.3. The fourth-order valence-electron chi connectivity index (χ4n) is 4.77. The molecule has 4 rings (SSSR count). The SMILES string of the molecule is O=C(O)CNC(=O)C1=C(O)C2(CCCCC2)CN(Cc2ccc(-c3ccccn3)cc2)C1=O. The molecule has 2 aliphatic rings. The molecule has 172 valence electrons. The summed E-state index contributed by atoms with van der Waals surface area (Å²) in [6.45, 7) is -0.00762. The second-order valence-electron chi connectivity index (χ2n) is 8.71. The number of carboxylic acid groups (broad SMARTS) is 1. The molecule has 33 heavy (non-hydrogen) atoms. The number of carbonyl (C=O) groups excluding carboxylic acids is 2. The molecule has 0 saturated heterocycles. The lowest BCUT2D eigenvalue weighted by Crippen LogP contribution is -2.51. The molecular formula is C25H27N3O5. The van der Waals surface area contributed by atoms with Crippen molar-refractivity contribution in [2.45, 2.75) is 38.6 Å². The number of aliphatic hydroxyl groups is 1. The van der Waals surface area contributed by atoms with Gasteiger partial charge >= 0.3 is 5.97 Å². The standard InChI is InChI=1S/C25H27N3O5/c29-20(30)14-27-23(32)21-22(31)25(11-3-1-4-12-25)16-28(24(21)33)15-17-7-9-18(10-8-17)19-6-2-5-13-26-19/h2,5-10,13,31H,1,3-4,11-12,14-16H2,(H,27,32)(H,29,30). The summed E-state index contributed by atoms with van der Waals surface area (Å²) in [6.07, 6.45) is 5.92. The van der Waals surface area contributed by atoms with Crippen LogP contribution >= 0.6 is 0 Å². The fraction of sp³-hybridized carbons (Fsp3) is 0.360. The summed E-state index contributed by atoms with van der Waals surface area (Å²) >= 11 is 0. The van der Waals surface area contributed by atoms with Crippen molar-refractivity contribution in [3.63, 3.8) is 0 Å². The normalized spacial score (nSPS) is 17.8. The van der Waals surface area contributed by atoms with Gasteiger partial charge in [-0.1, -0.05) is 49.6 Å². The fourth-order valence-corrected chi connectivity index (χ4v) is 4.77. The van der Waals surface area contributed by atoms with Gasteiger partial charge in [0.2, 0.25) is 0 Å². The maximum Gasteiger partial charge on any atom is 0.322 e. The molecule has 0 unspecified atom stereocenters. The highest BCUT2D eigenvalue weighted by molar-refractivity contribution is 6.19. The number of amides is 2. The lowest BCUT2D eigenvalue weighted by molar-refractivity contribution is -0.139. The predicted molar refractivity (Wildman–Crippen MR) is 121 cm³/mol. The van der Waals surface area contributed by atoms with Gasteiger partial charge in [-0.15, -0.1) is 0 Å². The molecule has 1 saturated carbocycles. The number of nitrogens with zero attached hydrogens (tertiary/aromatic N) is 2. The van der Waals surface area contributed by atoms with Gasteiger partial charge in [-0.2, -0.15) is 0 Å². The van der Waals surface area contributed by atoms with E-state index in [1.807, 2.05) is 42.5 Å². The lowest BCUT2D eigenvalue weighted by Gasteiger charge is -2.44. The van der Waals surface area contributed by atoms with E-state index < -0.39 is 29.7 Å². The molecule has 2 heterocycles. The molecule has 1 aliphatic carbocycles. The molecule has 1 spiro atoms. The zero-order chi connectivity index (χ0) is 23.4. The van der Waals surface area contributed by atoms with E-state index in [2.05, 4.69) is 10.3 Å². The van der Waals surface area contributed by atoms with E-state index in [0.717, 1.165) is 36.1 Å². The third-order valence-corrected chi connectivity index (χ3v) is 6.46. The van der Waals surface area contributed by atoms with Gasteiger partial charge in [0.15, 0.2) is 0 Å².